The summed E-state index contributed by atoms with van der Waals surface area (Å²) in [4.78, 5) is 10.2. The quantitative estimate of drug-likeness (QED) is 0.748. The van der Waals surface area contributed by atoms with Crippen LogP contribution in [0.15, 0.2) is 24.4 Å². The van der Waals surface area contributed by atoms with Crippen molar-refractivity contribution >= 4 is 49.6 Å². The van der Waals surface area contributed by atoms with Crippen molar-refractivity contribution in [2.24, 2.45) is 0 Å². The number of anilines is 1. The van der Waals surface area contributed by atoms with Gasteiger partial charge in [-0.1, -0.05) is 22.9 Å². The molecule has 0 aliphatic rings. The third-order valence-corrected chi connectivity index (χ3v) is 5.00. The molecule has 98 valence electrons. The summed E-state index contributed by atoms with van der Waals surface area (Å²) in [5, 5.41) is 6.09. The molecule has 1 N–H and O–H groups in total. The van der Waals surface area contributed by atoms with Gasteiger partial charge in [0.2, 0.25) is 0 Å². The number of benzene rings is 1. The Balaban J connectivity index is 1.85. The van der Waals surface area contributed by atoms with Crippen molar-refractivity contribution in [3.63, 3.8) is 0 Å². The lowest BCUT2D eigenvalue weighted by molar-refractivity contribution is 0.868. The van der Waals surface area contributed by atoms with Crippen LogP contribution in [-0.2, 0) is 0 Å². The fourth-order valence-corrected chi connectivity index (χ4v) is 3.66. The first-order valence-electron chi connectivity index (χ1n) is 5.87. The molecule has 6 heteroatoms. The summed E-state index contributed by atoms with van der Waals surface area (Å²) in [6, 6.07) is 5.93. The monoisotopic (exact) mass is 309 g/mol. The predicted octanol–water partition coefficient (Wildman–Crippen LogP) is 4.89. The van der Waals surface area contributed by atoms with Crippen molar-refractivity contribution in [1.29, 1.82) is 0 Å². The van der Waals surface area contributed by atoms with E-state index in [2.05, 4.69) is 29.1 Å². The van der Waals surface area contributed by atoms with Gasteiger partial charge in [-0.25, -0.2) is 9.97 Å². The van der Waals surface area contributed by atoms with Crippen LogP contribution in [0, 0.1) is 6.92 Å². The Kier molecular flexibility index (Phi) is 3.43. The zero-order valence-corrected chi connectivity index (χ0v) is 12.9. The summed E-state index contributed by atoms with van der Waals surface area (Å²) >= 11 is 9.31. The number of halogens is 1. The molecule has 0 saturated heterocycles. The van der Waals surface area contributed by atoms with Crippen LogP contribution < -0.4 is 5.32 Å². The highest BCUT2D eigenvalue weighted by Crippen LogP contribution is 2.31. The number of aromatic nitrogens is 2. The van der Waals surface area contributed by atoms with Gasteiger partial charge in [0.05, 0.1) is 16.3 Å². The molecule has 3 rings (SSSR count). The fourth-order valence-electron chi connectivity index (χ4n) is 1.78. The van der Waals surface area contributed by atoms with Gasteiger partial charge in [0.1, 0.15) is 5.01 Å². The van der Waals surface area contributed by atoms with Crippen LogP contribution in [0.2, 0.25) is 5.02 Å². The molecule has 1 atom stereocenters. The average Bonchev–Trinajstić information content (AvgIpc) is 2.94. The third-order valence-electron chi connectivity index (χ3n) is 2.70. The number of fused-ring (bicyclic) bond motifs is 1. The normalized spacial score (nSPS) is 12.8. The maximum Gasteiger partial charge on any atom is 0.184 e. The van der Waals surface area contributed by atoms with Crippen LogP contribution in [0.5, 0.6) is 0 Å². The first-order chi connectivity index (χ1) is 9.11. The lowest BCUT2D eigenvalue weighted by Crippen LogP contribution is -2.05. The van der Waals surface area contributed by atoms with Gasteiger partial charge in [-0.3, -0.25) is 0 Å². The minimum absolute atomic E-state index is 0.162. The Bertz CT molecular complexity index is 720. The van der Waals surface area contributed by atoms with Gasteiger partial charge >= 0.3 is 0 Å². The molecule has 0 spiro atoms. The van der Waals surface area contributed by atoms with E-state index in [1.165, 1.54) is 4.88 Å². The molecule has 1 unspecified atom stereocenters. The van der Waals surface area contributed by atoms with E-state index in [4.69, 9.17) is 11.6 Å². The first-order valence-corrected chi connectivity index (χ1v) is 7.88. The molecule has 0 saturated carbocycles. The van der Waals surface area contributed by atoms with Crippen molar-refractivity contribution in [2.45, 2.75) is 19.9 Å². The van der Waals surface area contributed by atoms with Gasteiger partial charge in [-0.05, 0) is 32.0 Å². The molecule has 2 heterocycles. The van der Waals surface area contributed by atoms with Crippen LogP contribution >= 0.6 is 34.3 Å². The van der Waals surface area contributed by atoms with Crippen LogP contribution in [0.25, 0.3) is 10.2 Å². The lowest BCUT2D eigenvalue weighted by Gasteiger charge is -2.08. The van der Waals surface area contributed by atoms with Crippen LogP contribution in [-0.4, -0.2) is 9.97 Å². The molecule has 1 aromatic carbocycles. The Morgan fingerprint density at radius 2 is 2.16 bits per heavy atom. The second-order valence-corrected chi connectivity index (χ2v) is 7.04. The zero-order valence-electron chi connectivity index (χ0n) is 10.5. The molecule has 0 aliphatic heterocycles. The van der Waals surface area contributed by atoms with Crippen LogP contribution in [0.4, 0.5) is 5.13 Å². The molecule has 0 aliphatic carbocycles. The molecule has 0 amide bonds. The maximum absolute atomic E-state index is 5.97. The Labute approximate surface area is 124 Å². The predicted molar refractivity (Wildman–Crippen MR) is 83.5 cm³/mol. The van der Waals surface area contributed by atoms with Crippen molar-refractivity contribution in [3.8, 4) is 0 Å². The van der Waals surface area contributed by atoms with E-state index in [9.17, 15) is 0 Å². The van der Waals surface area contributed by atoms with E-state index >= 15 is 0 Å². The number of aryl methyl sites for hydroxylation is 1. The second kappa shape index (κ2) is 5.07. The molecule has 19 heavy (non-hydrogen) atoms. The summed E-state index contributed by atoms with van der Waals surface area (Å²) in [7, 11) is 0. The van der Waals surface area contributed by atoms with Crippen LogP contribution in [0.1, 0.15) is 22.9 Å². The summed E-state index contributed by atoms with van der Waals surface area (Å²) < 4.78 is 1.13. The minimum atomic E-state index is 0.162. The van der Waals surface area contributed by atoms with E-state index in [-0.39, 0.29) is 6.04 Å². The molecular formula is C13H12ClN3S2. The molecule has 0 radical (unpaired) electrons. The number of nitrogens with one attached hydrogen (secondary N) is 1. The number of hydrogen-bond acceptors (Lipinski definition) is 5. The molecule has 0 fully saturated rings. The number of hydrogen-bond donors (Lipinski definition) is 1. The van der Waals surface area contributed by atoms with E-state index in [0.717, 1.165) is 20.4 Å². The highest BCUT2D eigenvalue weighted by Gasteiger charge is 2.12. The smallest absolute Gasteiger partial charge is 0.184 e. The van der Waals surface area contributed by atoms with Crippen molar-refractivity contribution in [1.82, 2.24) is 9.97 Å². The number of rotatable bonds is 3. The Hall–Kier alpha value is -1.17. The minimum Gasteiger partial charge on any atom is -0.353 e. The largest absolute Gasteiger partial charge is 0.353 e. The summed E-state index contributed by atoms with van der Waals surface area (Å²) in [6.07, 6.45) is 1.90. The SMILES string of the molecule is Cc1cnc(C(C)Nc2nc3cc(Cl)ccc3s2)s1. The molecule has 3 aromatic rings. The van der Waals surface area contributed by atoms with Crippen LogP contribution in [0.3, 0.4) is 0 Å². The van der Waals surface area contributed by atoms with E-state index in [1.54, 1.807) is 22.7 Å². The summed E-state index contributed by atoms with van der Waals surface area (Å²) in [5.41, 5.74) is 0.933. The van der Waals surface area contributed by atoms with Gasteiger partial charge in [-0.2, -0.15) is 0 Å². The van der Waals surface area contributed by atoms with Gasteiger partial charge in [-0.15, -0.1) is 11.3 Å². The number of thiazole rings is 2. The Morgan fingerprint density at radius 3 is 2.89 bits per heavy atom. The van der Waals surface area contributed by atoms with E-state index < -0.39 is 0 Å². The topological polar surface area (TPSA) is 37.8 Å². The molecule has 0 bridgehead atoms. The summed E-state index contributed by atoms with van der Waals surface area (Å²) in [6.45, 7) is 4.16. The average molecular weight is 310 g/mol. The second-order valence-electron chi connectivity index (χ2n) is 4.31. The van der Waals surface area contributed by atoms with Gasteiger partial charge in [0.15, 0.2) is 5.13 Å². The van der Waals surface area contributed by atoms with Crippen molar-refractivity contribution in [3.05, 3.63) is 39.3 Å². The first kappa shape index (κ1) is 12.8. The third kappa shape index (κ3) is 2.73. The molecular weight excluding hydrogens is 298 g/mol. The van der Waals surface area contributed by atoms with Gasteiger partial charge < -0.3 is 5.32 Å². The summed E-state index contributed by atoms with van der Waals surface area (Å²) in [5.74, 6) is 0. The molecule has 3 nitrogen and oxygen atoms in total. The fraction of sp³-hybridized carbons (Fsp3) is 0.231. The lowest BCUT2D eigenvalue weighted by atomic mass is 10.3. The van der Waals surface area contributed by atoms with Gasteiger partial charge in [0, 0.05) is 16.1 Å². The van der Waals surface area contributed by atoms with E-state index in [1.807, 2.05) is 24.4 Å². The standard InChI is InChI=1S/C13H12ClN3S2/c1-7-6-15-12(18-7)8(2)16-13-17-10-5-9(14)3-4-11(10)19-13/h3-6,8H,1-2H3,(H,16,17). The molecule has 2 aromatic heterocycles. The van der Waals surface area contributed by atoms with Crippen molar-refractivity contribution < 1.29 is 0 Å². The highest BCUT2D eigenvalue weighted by molar-refractivity contribution is 7.22. The zero-order chi connectivity index (χ0) is 13.4. The van der Waals surface area contributed by atoms with E-state index in [0.29, 0.717) is 5.02 Å². The van der Waals surface area contributed by atoms with Gasteiger partial charge in [0.25, 0.3) is 0 Å². The van der Waals surface area contributed by atoms with Crippen molar-refractivity contribution in [2.75, 3.05) is 5.32 Å². The number of nitrogens with zero attached hydrogens (tertiary/aromatic N) is 2. The maximum atomic E-state index is 5.97. The Morgan fingerprint density at radius 1 is 1.32 bits per heavy atom. The highest BCUT2D eigenvalue weighted by atomic mass is 35.5.